The van der Waals surface area contributed by atoms with Crippen LogP contribution < -0.4 is 0 Å². The van der Waals surface area contributed by atoms with Gasteiger partial charge < -0.3 is 14.4 Å². The maximum atomic E-state index is 12.6. The van der Waals surface area contributed by atoms with E-state index in [4.69, 9.17) is 4.42 Å². The molecular weight excluding hydrogens is 328 g/mol. The number of amides is 1. The molecule has 0 bridgehead atoms. The van der Waals surface area contributed by atoms with Gasteiger partial charge in [-0.3, -0.25) is 9.59 Å². The molecule has 3 rings (SSSR count). The summed E-state index contributed by atoms with van der Waals surface area (Å²) in [7, 11) is 0. The van der Waals surface area contributed by atoms with E-state index in [1.54, 1.807) is 11.8 Å². The van der Waals surface area contributed by atoms with Gasteiger partial charge in [-0.1, -0.05) is 13.0 Å². The highest BCUT2D eigenvalue weighted by Crippen LogP contribution is 2.27. The molecule has 1 N–H and O–H groups in total. The number of carbonyl (C=O) groups is 2. The molecule has 2 atom stereocenters. The van der Waals surface area contributed by atoms with Crippen molar-refractivity contribution in [2.45, 2.75) is 26.7 Å². The van der Waals surface area contributed by atoms with E-state index in [9.17, 15) is 14.7 Å². The first-order valence-electron chi connectivity index (χ1n) is 7.94. The van der Waals surface area contributed by atoms with E-state index in [0.717, 1.165) is 4.88 Å². The molecule has 0 aliphatic carbocycles. The third kappa shape index (κ3) is 3.51. The fourth-order valence-electron chi connectivity index (χ4n) is 3.09. The summed E-state index contributed by atoms with van der Waals surface area (Å²) in [6.07, 6.45) is 0.754. The van der Waals surface area contributed by atoms with Crippen molar-refractivity contribution in [3.05, 3.63) is 29.0 Å². The van der Waals surface area contributed by atoms with Gasteiger partial charge in [-0.15, -0.1) is 11.3 Å². The van der Waals surface area contributed by atoms with Crippen molar-refractivity contribution < 1.29 is 19.1 Å². The number of oxazole rings is 1. The molecule has 0 spiro atoms. The van der Waals surface area contributed by atoms with Crippen molar-refractivity contribution in [2.24, 2.45) is 11.8 Å². The summed E-state index contributed by atoms with van der Waals surface area (Å²) in [5.41, 5.74) is 0.619. The molecule has 3 heterocycles. The van der Waals surface area contributed by atoms with Crippen LogP contribution in [0.1, 0.15) is 24.8 Å². The minimum atomic E-state index is -0.836. The maximum absolute atomic E-state index is 12.6. The zero-order chi connectivity index (χ0) is 17.3. The third-order valence-corrected chi connectivity index (χ3v) is 5.16. The summed E-state index contributed by atoms with van der Waals surface area (Å²) in [4.78, 5) is 30.8. The van der Waals surface area contributed by atoms with Gasteiger partial charge >= 0.3 is 5.97 Å². The monoisotopic (exact) mass is 348 g/mol. The van der Waals surface area contributed by atoms with Crippen LogP contribution in [0.2, 0.25) is 0 Å². The summed E-state index contributed by atoms with van der Waals surface area (Å²) in [6.45, 7) is 4.64. The quantitative estimate of drug-likeness (QED) is 0.918. The number of aryl methyl sites for hydroxylation is 1. The lowest BCUT2D eigenvalue weighted by Crippen LogP contribution is -2.46. The van der Waals surface area contributed by atoms with E-state index >= 15 is 0 Å². The summed E-state index contributed by atoms with van der Waals surface area (Å²) >= 11 is 1.53. The average Bonchev–Trinajstić information content (AvgIpc) is 3.17. The van der Waals surface area contributed by atoms with Gasteiger partial charge in [0, 0.05) is 13.1 Å². The zero-order valence-corrected chi connectivity index (χ0v) is 14.5. The van der Waals surface area contributed by atoms with Crippen LogP contribution in [0, 0.1) is 18.8 Å². The predicted molar refractivity (Wildman–Crippen MR) is 89.7 cm³/mol. The molecule has 2 aromatic rings. The average molecular weight is 348 g/mol. The first-order valence-corrected chi connectivity index (χ1v) is 8.82. The summed E-state index contributed by atoms with van der Waals surface area (Å²) in [5.74, 6) is -0.0760. The van der Waals surface area contributed by atoms with E-state index in [1.165, 1.54) is 11.3 Å². The second-order valence-corrected chi connectivity index (χ2v) is 7.30. The number of carbonyl (C=O) groups excluding carboxylic acids is 1. The van der Waals surface area contributed by atoms with E-state index in [2.05, 4.69) is 4.98 Å². The highest BCUT2D eigenvalue weighted by Gasteiger charge is 2.32. The Bertz CT molecular complexity index is 738. The van der Waals surface area contributed by atoms with Crippen molar-refractivity contribution in [3.8, 4) is 10.8 Å². The number of aliphatic carboxylic acids is 1. The van der Waals surface area contributed by atoms with Gasteiger partial charge in [-0.25, -0.2) is 4.98 Å². The fourth-order valence-corrected chi connectivity index (χ4v) is 3.74. The van der Waals surface area contributed by atoms with Gasteiger partial charge in [-0.2, -0.15) is 0 Å². The number of hydrogen-bond donors (Lipinski definition) is 1. The molecule has 0 radical (unpaired) electrons. The topological polar surface area (TPSA) is 83.6 Å². The summed E-state index contributed by atoms with van der Waals surface area (Å²) in [5, 5.41) is 11.2. The van der Waals surface area contributed by atoms with Crippen LogP contribution in [-0.2, 0) is 16.0 Å². The third-order valence-electron chi connectivity index (χ3n) is 4.30. The van der Waals surface area contributed by atoms with Crippen LogP contribution in [0.5, 0.6) is 0 Å². The van der Waals surface area contributed by atoms with Crippen molar-refractivity contribution in [3.63, 3.8) is 0 Å². The van der Waals surface area contributed by atoms with Crippen molar-refractivity contribution in [1.29, 1.82) is 0 Å². The van der Waals surface area contributed by atoms with Crippen molar-refractivity contribution >= 4 is 23.2 Å². The molecule has 2 unspecified atom stereocenters. The predicted octanol–water partition coefficient (Wildman–Crippen LogP) is 2.82. The number of nitrogens with zero attached hydrogens (tertiary/aromatic N) is 2. The molecule has 128 valence electrons. The molecule has 1 aliphatic heterocycles. The minimum absolute atomic E-state index is 0.0954. The van der Waals surface area contributed by atoms with Crippen LogP contribution in [0.15, 0.2) is 21.9 Å². The van der Waals surface area contributed by atoms with E-state index in [0.29, 0.717) is 30.3 Å². The highest BCUT2D eigenvalue weighted by atomic mass is 32.1. The SMILES string of the molecule is Cc1oc(-c2cccs2)nc1CC(=O)N1CC(C)CC(C(=O)O)C1. The molecule has 0 saturated carbocycles. The molecule has 6 nitrogen and oxygen atoms in total. The summed E-state index contributed by atoms with van der Waals surface area (Å²) in [6, 6.07) is 3.84. The van der Waals surface area contributed by atoms with E-state index in [-0.39, 0.29) is 24.8 Å². The van der Waals surface area contributed by atoms with Crippen molar-refractivity contribution in [1.82, 2.24) is 9.88 Å². The number of hydrogen-bond acceptors (Lipinski definition) is 5. The van der Waals surface area contributed by atoms with E-state index in [1.807, 2.05) is 24.4 Å². The Labute approximate surface area is 144 Å². The Morgan fingerprint density at radius 2 is 2.25 bits per heavy atom. The largest absolute Gasteiger partial charge is 0.481 e. The minimum Gasteiger partial charge on any atom is -0.481 e. The Morgan fingerprint density at radius 1 is 1.46 bits per heavy atom. The number of likely N-dealkylation sites (tertiary alicyclic amines) is 1. The molecule has 7 heteroatoms. The first kappa shape index (κ1) is 16.7. The maximum Gasteiger partial charge on any atom is 0.308 e. The van der Waals surface area contributed by atoms with Crippen LogP contribution >= 0.6 is 11.3 Å². The first-order chi connectivity index (χ1) is 11.4. The molecule has 24 heavy (non-hydrogen) atoms. The van der Waals surface area contributed by atoms with Gasteiger partial charge in [0.05, 0.1) is 22.9 Å². The van der Waals surface area contributed by atoms with Crippen LogP contribution in [0.25, 0.3) is 10.8 Å². The van der Waals surface area contributed by atoms with E-state index < -0.39 is 11.9 Å². The van der Waals surface area contributed by atoms with Gasteiger partial charge in [0.2, 0.25) is 11.8 Å². The van der Waals surface area contributed by atoms with Gasteiger partial charge in [0.25, 0.3) is 0 Å². The number of carboxylic acid groups (broad SMARTS) is 1. The lowest BCUT2D eigenvalue weighted by molar-refractivity contribution is -0.146. The van der Waals surface area contributed by atoms with Crippen LogP contribution in [0.3, 0.4) is 0 Å². The second-order valence-electron chi connectivity index (χ2n) is 6.35. The Hall–Kier alpha value is -2.15. The Balaban J connectivity index is 1.71. The number of thiophene rings is 1. The number of aromatic nitrogens is 1. The molecule has 1 fully saturated rings. The molecule has 0 aromatic carbocycles. The molecular formula is C17H20N2O4S. The molecule has 1 aliphatic rings. The Morgan fingerprint density at radius 3 is 2.92 bits per heavy atom. The standard InChI is InChI=1S/C17H20N2O4S/c1-10-6-12(17(21)22)9-19(8-10)15(20)7-13-11(2)23-16(18-13)14-4-3-5-24-14/h3-5,10,12H,6-9H2,1-2H3,(H,21,22). The zero-order valence-electron chi connectivity index (χ0n) is 13.7. The lowest BCUT2D eigenvalue weighted by Gasteiger charge is -2.34. The smallest absolute Gasteiger partial charge is 0.308 e. The van der Waals surface area contributed by atoms with Gasteiger partial charge in [0.1, 0.15) is 5.76 Å². The lowest BCUT2D eigenvalue weighted by atomic mass is 9.90. The van der Waals surface area contributed by atoms with Gasteiger partial charge in [-0.05, 0) is 30.7 Å². The normalized spacial score (nSPS) is 21.0. The van der Waals surface area contributed by atoms with Crippen LogP contribution in [-0.4, -0.2) is 40.0 Å². The number of piperidine rings is 1. The summed E-state index contributed by atoms with van der Waals surface area (Å²) < 4.78 is 5.66. The Kier molecular flexibility index (Phi) is 4.71. The number of rotatable bonds is 4. The fraction of sp³-hybridized carbons (Fsp3) is 0.471. The van der Waals surface area contributed by atoms with Gasteiger partial charge in [0.15, 0.2) is 0 Å². The highest BCUT2D eigenvalue weighted by molar-refractivity contribution is 7.13. The number of carboxylic acids is 1. The van der Waals surface area contributed by atoms with Crippen molar-refractivity contribution in [2.75, 3.05) is 13.1 Å². The van der Waals surface area contributed by atoms with Crippen LogP contribution in [0.4, 0.5) is 0 Å². The molecule has 2 aromatic heterocycles. The molecule has 1 saturated heterocycles. The second kappa shape index (κ2) is 6.76. The molecule has 1 amide bonds.